The number of fused-ring (bicyclic) bond motifs is 5. The zero-order valence-electron chi connectivity index (χ0n) is 10.6. The van der Waals surface area contributed by atoms with E-state index in [1.165, 1.54) is 16.8 Å². The summed E-state index contributed by atoms with van der Waals surface area (Å²) in [6.45, 7) is 0. The molecule has 2 aliphatic carbocycles. The molecule has 4 rings (SSSR count). The van der Waals surface area contributed by atoms with E-state index in [-0.39, 0.29) is 5.69 Å². The molecule has 0 amide bonds. The molecule has 0 N–H and O–H groups in total. The van der Waals surface area contributed by atoms with E-state index < -0.39 is 11.6 Å². The maximum Gasteiger partial charge on any atom is 0.166 e. The molecule has 1 saturated carbocycles. The summed E-state index contributed by atoms with van der Waals surface area (Å²) in [4.78, 5) is 0. The summed E-state index contributed by atoms with van der Waals surface area (Å²) in [6.07, 6.45) is 3.14. The molecule has 20 heavy (non-hydrogen) atoms. The second-order valence-corrected chi connectivity index (χ2v) is 5.47. The predicted octanol–water partition coefficient (Wildman–Crippen LogP) is 3.39. The van der Waals surface area contributed by atoms with Gasteiger partial charge in [-0.1, -0.05) is 0 Å². The predicted molar refractivity (Wildman–Crippen MR) is 67.5 cm³/mol. The smallest absolute Gasteiger partial charge is 0.166 e. The third kappa shape index (κ3) is 1.39. The van der Waals surface area contributed by atoms with Crippen molar-refractivity contribution < 1.29 is 8.78 Å². The van der Waals surface area contributed by atoms with Gasteiger partial charge in [0.05, 0.1) is 5.69 Å². The Hall–Kier alpha value is -2.22. The monoisotopic (exact) mass is 271 g/mol. The van der Waals surface area contributed by atoms with Crippen LogP contribution < -0.4 is 0 Å². The van der Waals surface area contributed by atoms with Gasteiger partial charge in [0.15, 0.2) is 11.5 Å². The van der Waals surface area contributed by atoms with Gasteiger partial charge in [-0.15, -0.1) is 0 Å². The standard InChI is InChI=1S/C15H11F2N3/c16-10-3-4-13(11(17)6-10)20-15-9-2-1-8(5-9)14(15)12(7-18)19-20/h3-4,6,8-9H,1-2,5H2/t8-,9+/m1/s1. The molecule has 2 atom stereocenters. The van der Waals surface area contributed by atoms with Gasteiger partial charge in [-0.2, -0.15) is 10.4 Å². The van der Waals surface area contributed by atoms with Gasteiger partial charge in [0.2, 0.25) is 0 Å². The fourth-order valence-electron chi connectivity index (χ4n) is 3.65. The highest BCUT2D eigenvalue weighted by Crippen LogP contribution is 2.54. The van der Waals surface area contributed by atoms with Crippen molar-refractivity contribution >= 4 is 0 Å². The lowest BCUT2D eigenvalue weighted by Crippen LogP contribution is -2.07. The van der Waals surface area contributed by atoms with E-state index in [0.29, 0.717) is 17.5 Å². The number of nitriles is 1. The molecule has 1 aromatic heterocycles. The van der Waals surface area contributed by atoms with Crippen molar-refractivity contribution in [2.24, 2.45) is 0 Å². The van der Waals surface area contributed by atoms with E-state index in [1.54, 1.807) is 0 Å². The Bertz CT molecular complexity index is 757. The van der Waals surface area contributed by atoms with E-state index in [1.807, 2.05) is 0 Å². The third-order valence-corrected chi connectivity index (χ3v) is 4.43. The lowest BCUT2D eigenvalue weighted by atomic mass is 9.95. The van der Waals surface area contributed by atoms with Crippen LogP contribution in [0.15, 0.2) is 18.2 Å². The number of halogens is 2. The van der Waals surface area contributed by atoms with E-state index >= 15 is 0 Å². The van der Waals surface area contributed by atoms with Gasteiger partial charge < -0.3 is 0 Å². The first-order valence-electron chi connectivity index (χ1n) is 6.67. The Morgan fingerprint density at radius 2 is 2.05 bits per heavy atom. The summed E-state index contributed by atoms with van der Waals surface area (Å²) in [5.41, 5.74) is 2.53. The first kappa shape index (κ1) is 11.6. The van der Waals surface area contributed by atoms with Crippen molar-refractivity contribution in [1.82, 2.24) is 9.78 Å². The minimum atomic E-state index is -0.650. The molecule has 2 aliphatic rings. The average Bonchev–Trinajstić information content (AvgIpc) is 3.10. The number of hydrogen-bond donors (Lipinski definition) is 0. The van der Waals surface area contributed by atoms with Crippen LogP contribution in [-0.4, -0.2) is 9.78 Å². The molecule has 5 heteroatoms. The quantitative estimate of drug-likeness (QED) is 0.797. The summed E-state index contributed by atoms with van der Waals surface area (Å²) in [6, 6.07) is 5.55. The molecule has 1 aromatic carbocycles. The van der Waals surface area contributed by atoms with Crippen molar-refractivity contribution in [2.75, 3.05) is 0 Å². The maximum absolute atomic E-state index is 14.0. The summed E-state index contributed by atoms with van der Waals surface area (Å²) < 4.78 is 28.5. The second kappa shape index (κ2) is 3.89. The lowest BCUT2D eigenvalue weighted by molar-refractivity contribution is 0.566. The van der Waals surface area contributed by atoms with E-state index in [0.717, 1.165) is 36.6 Å². The number of nitrogens with zero attached hydrogens (tertiary/aromatic N) is 3. The van der Waals surface area contributed by atoms with Gasteiger partial charge in [-0.05, 0) is 37.3 Å². The molecular formula is C15H11F2N3. The zero-order valence-corrected chi connectivity index (χ0v) is 10.6. The molecule has 0 radical (unpaired) electrons. The minimum absolute atomic E-state index is 0.219. The Labute approximate surface area is 114 Å². The fraction of sp³-hybridized carbons (Fsp3) is 0.333. The highest BCUT2D eigenvalue weighted by atomic mass is 19.1. The van der Waals surface area contributed by atoms with Crippen molar-refractivity contribution in [3.05, 3.63) is 46.8 Å². The minimum Gasteiger partial charge on any atom is -0.233 e. The van der Waals surface area contributed by atoms with E-state index in [4.69, 9.17) is 0 Å². The van der Waals surface area contributed by atoms with E-state index in [9.17, 15) is 14.0 Å². The fourth-order valence-corrected chi connectivity index (χ4v) is 3.65. The highest BCUT2D eigenvalue weighted by molar-refractivity contribution is 5.49. The van der Waals surface area contributed by atoms with Crippen LogP contribution in [0.2, 0.25) is 0 Å². The van der Waals surface area contributed by atoms with Crippen molar-refractivity contribution in [3.63, 3.8) is 0 Å². The number of aromatic nitrogens is 2. The summed E-state index contributed by atoms with van der Waals surface area (Å²) in [5, 5.41) is 13.5. The molecule has 0 aliphatic heterocycles. The van der Waals surface area contributed by atoms with Gasteiger partial charge in [0.25, 0.3) is 0 Å². The Morgan fingerprint density at radius 1 is 1.25 bits per heavy atom. The number of rotatable bonds is 1. The molecule has 0 unspecified atom stereocenters. The van der Waals surface area contributed by atoms with Crippen molar-refractivity contribution in [2.45, 2.75) is 31.1 Å². The van der Waals surface area contributed by atoms with Crippen LogP contribution in [0.4, 0.5) is 8.78 Å². The van der Waals surface area contributed by atoms with E-state index in [2.05, 4.69) is 11.2 Å². The zero-order chi connectivity index (χ0) is 13.9. The summed E-state index contributed by atoms with van der Waals surface area (Å²) in [5.74, 6) is -0.546. The SMILES string of the molecule is N#Cc1nn(-c2ccc(F)cc2F)c2c1[C@@H]1CC[C@H]2C1. The van der Waals surface area contributed by atoms with Gasteiger partial charge >= 0.3 is 0 Å². The first-order chi connectivity index (χ1) is 9.69. The van der Waals surface area contributed by atoms with Crippen LogP contribution in [0, 0.1) is 23.0 Å². The van der Waals surface area contributed by atoms with Gasteiger partial charge in [0, 0.05) is 17.5 Å². The van der Waals surface area contributed by atoms with Gasteiger partial charge in [-0.25, -0.2) is 13.5 Å². The van der Waals surface area contributed by atoms with Gasteiger partial charge in [0.1, 0.15) is 17.6 Å². The molecule has 0 spiro atoms. The molecule has 2 bridgehead atoms. The van der Waals surface area contributed by atoms with Crippen molar-refractivity contribution in [1.29, 1.82) is 5.26 Å². The molecule has 100 valence electrons. The van der Waals surface area contributed by atoms with Crippen LogP contribution in [0.1, 0.15) is 48.0 Å². The molecule has 0 saturated heterocycles. The largest absolute Gasteiger partial charge is 0.233 e. The number of benzene rings is 1. The molecule has 3 nitrogen and oxygen atoms in total. The molecule has 1 heterocycles. The topological polar surface area (TPSA) is 41.6 Å². The third-order valence-electron chi connectivity index (χ3n) is 4.43. The van der Waals surface area contributed by atoms with Crippen LogP contribution in [0.25, 0.3) is 5.69 Å². The van der Waals surface area contributed by atoms with Crippen LogP contribution in [0.5, 0.6) is 0 Å². The highest BCUT2D eigenvalue weighted by Gasteiger charge is 2.43. The lowest BCUT2D eigenvalue weighted by Gasteiger charge is -2.14. The Morgan fingerprint density at radius 3 is 2.80 bits per heavy atom. The van der Waals surface area contributed by atoms with Crippen LogP contribution >= 0.6 is 0 Å². The first-order valence-corrected chi connectivity index (χ1v) is 6.67. The number of hydrogen-bond acceptors (Lipinski definition) is 2. The Kier molecular flexibility index (Phi) is 2.25. The molecule has 1 fully saturated rings. The molecule has 2 aromatic rings. The average molecular weight is 271 g/mol. The van der Waals surface area contributed by atoms with Crippen LogP contribution in [-0.2, 0) is 0 Å². The van der Waals surface area contributed by atoms with Crippen molar-refractivity contribution in [3.8, 4) is 11.8 Å². The summed E-state index contributed by atoms with van der Waals surface area (Å²) in [7, 11) is 0. The van der Waals surface area contributed by atoms with Crippen LogP contribution in [0.3, 0.4) is 0 Å². The normalized spacial score (nSPS) is 22.9. The molecular weight excluding hydrogens is 260 g/mol. The second-order valence-electron chi connectivity index (χ2n) is 5.47. The maximum atomic E-state index is 14.0. The Balaban J connectivity index is 1.96. The summed E-state index contributed by atoms with van der Waals surface area (Å²) >= 11 is 0. The van der Waals surface area contributed by atoms with Gasteiger partial charge in [-0.3, -0.25) is 0 Å².